The zero-order valence-corrected chi connectivity index (χ0v) is 10.1. The minimum absolute atomic E-state index is 0.349. The molecule has 0 spiro atoms. The van der Waals surface area contributed by atoms with Crippen LogP contribution in [0.2, 0.25) is 0 Å². The fraction of sp³-hybridized carbons (Fsp3) is 0.214. The van der Waals surface area contributed by atoms with E-state index in [0.717, 1.165) is 17.7 Å². The van der Waals surface area contributed by atoms with Crippen LogP contribution in [0.3, 0.4) is 0 Å². The standard InChI is InChI=1S/C14H13FN2O/c1-17(8-11-2-3-18-10-11)9-13-4-12(7-16)5-14(15)6-13/h2-6,10H,8-9H2,1H3. The molecule has 0 unspecified atom stereocenters. The lowest BCUT2D eigenvalue weighted by Crippen LogP contribution is -2.17. The summed E-state index contributed by atoms with van der Waals surface area (Å²) in [6, 6.07) is 8.24. The lowest BCUT2D eigenvalue weighted by atomic mass is 10.1. The number of nitriles is 1. The Morgan fingerprint density at radius 2 is 2.06 bits per heavy atom. The van der Waals surface area contributed by atoms with Crippen LogP contribution in [0.1, 0.15) is 16.7 Å². The second kappa shape index (κ2) is 5.48. The van der Waals surface area contributed by atoms with E-state index in [4.69, 9.17) is 9.68 Å². The Kier molecular flexibility index (Phi) is 3.75. The van der Waals surface area contributed by atoms with E-state index in [1.807, 2.05) is 24.1 Å². The van der Waals surface area contributed by atoms with Crippen LogP contribution in [0.25, 0.3) is 0 Å². The molecule has 0 saturated heterocycles. The van der Waals surface area contributed by atoms with Crippen molar-refractivity contribution in [2.24, 2.45) is 0 Å². The van der Waals surface area contributed by atoms with Crippen LogP contribution in [-0.4, -0.2) is 11.9 Å². The van der Waals surface area contributed by atoms with Crippen LogP contribution in [0.4, 0.5) is 4.39 Å². The van der Waals surface area contributed by atoms with Gasteiger partial charge in [0, 0.05) is 18.7 Å². The van der Waals surface area contributed by atoms with Crippen LogP contribution >= 0.6 is 0 Å². The summed E-state index contributed by atoms with van der Waals surface area (Å²) in [7, 11) is 1.93. The molecule has 0 aliphatic heterocycles. The van der Waals surface area contributed by atoms with E-state index >= 15 is 0 Å². The van der Waals surface area contributed by atoms with Gasteiger partial charge in [0.2, 0.25) is 0 Å². The van der Waals surface area contributed by atoms with Gasteiger partial charge in [0.15, 0.2) is 0 Å². The fourth-order valence-corrected chi connectivity index (χ4v) is 1.87. The van der Waals surface area contributed by atoms with Crippen LogP contribution in [0, 0.1) is 17.1 Å². The summed E-state index contributed by atoms with van der Waals surface area (Å²) in [5.74, 6) is -0.374. The smallest absolute Gasteiger partial charge is 0.124 e. The van der Waals surface area contributed by atoms with E-state index in [-0.39, 0.29) is 5.82 Å². The lowest BCUT2D eigenvalue weighted by Gasteiger charge is -2.15. The van der Waals surface area contributed by atoms with Gasteiger partial charge in [-0.05, 0) is 36.9 Å². The molecule has 0 atom stereocenters. The number of halogens is 1. The average molecular weight is 244 g/mol. The molecule has 0 amide bonds. The molecule has 92 valence electrons. The molecule has 0 aliphatic carbocycles. The highest BCUT2D eigenvalue weighted by molar-refractivity contribution is 5.33. The van der Waals surface area contributed by atoms with E-state index < -0.39 is 0 Å². The number of nitrogens with zero attached hydrogens (tertiary/aromatic N) is 2. The van der Waals surface area contributed by atoms with Crippen molar-refractivity contribution in [3.63, 3.8) is 0 Å². The molecule has 1 aromatic heterocycles. The van der Waals surface area contributed by atoms with Gasteiger partial charge in [-0.3, -0.25) is 4.90 Å². The van der Waals surface area contributed by atoms with Gasteiger partial charge in [-0.1, -0.05) is 0 Å². The van der Waals surface area contributed by atoms with Crippen LogP contribution in [0.5, 0.6) is 0 Å². The van der Waals surface area contributed by atoms with E-state index in [2.05, 4.69) is 0 Å². The first-order valence-electron chi connectivity index (χ1n) is 5.56. The molecule has 2 rings (SSSR count). The second-order valence-corrected chi connectivity index (χ2v) is 4.26. The Balaban J connectivity index is 2.05. The first kappa shape index (κ1) is 12.3. The zero-order chi connectivity index (χ0) is 13.0. The van der Waals surface area contributed by atoms with Gasteiger partial charge in [0.1, 0.15) is 5.82 Å². The first-order valence-corrected chi connectivity index (χ1v) is 5.56. The number of rotatable bonds is 4. The third-order valence-corrected chi connectivity index (χ3v) is 2.57. The molecule has 18 heavy (non-hydrogen) atoms. The van der Waals surface area contributed by atoms with Gasteiger partial charge in [-0.15, -0.1) is 0 Å². The Labute approximate surface area is 105 Å². The topological polar surface area (TPSA) is 40.2 Å². The zero-order valence-electron chi connectivity index (χ0n) is 10.1. The first-order chi connectivity index (χ1) is 8.67. The Morgan fingerprint density at radius 1 is 1.28 bits per heavy atom. The molecule has 2 aromatic rings. The average Bonchev–Trinajstić information content (AvgIpc) is 2.80. The van der Waals surface area contributed by atoms with Gasteiger partial charge in [0.05, 0.1) is 24.2 Å². The van der Waals surface area contributed by atoms with Crippen LogP contribution in [0.15, 0.2) is 41.2 Å². The quantitative estimate of drug-likeness (QED) is 0.830. The van der Waals surface area contributed by atoms with Crippen molar-refractivity contribution in [3.05, 3.63) is 59.3 Å². The normalized spacial score (nSPS) is 10.6. The van der Waals surface area contributed by atoms with Gasteiger partial charge in [-0.2, -0.15) is 5.26 Å². The highest BCUT2D eigenvalue weighted by Crippen LogP contribution is 2.12. The SMILES string of the molecule is CN(Cc1ccoc1)Cc1cc(F)cc(C#N)c1. The molecule has 1 aromatic carbocycles. The number of furan rings is 1. The summed E-state index contributed by atoms with van der Waals surface area (Å²) in [5, 5.41) is 8.79. The van der Waals surface area contributed by atoms with Crippen molar-refractivity contribution >= 4 is 0 Å². The van der Waals surface area contributed by atoms with Gasteiger partial charge in [0.25, 0.3) is 0 Å². The van der Waals surface area contributed by atoms with Crippen molar-refractivity contribution in [2.45, 2.75) is 13.1 Å². The molecular weight excluding hydrogens is 231 g/mol. The minimum atomic E-state index is -0.374. The lowest BCUT2D eigenvalue weighted by molar-refractivity contribution is 0.317. The van der Waals surface area contributed by atoms with Crippen molar-refractivity contribution in [3.8, 4) is 6.07 Å². The van der Waals surface area contributed by atoms with Gasteiger partial charge < -0.3 is 4.42 Å². The highest BCUT2D eigenvalue weighted by atomic mass is 19.1. The third kappa shape index (κ3) is 3.19. The molecule has 1 heterocycles. The Hall–Kier alpha value is -2.12. The van der Waals surface area contributed by atoms with Crippen molar-refractivity contribution < 1.29 is 8.81 Å². The largest absolute Gasteiger partial charge is 0.472 e. The fourth-order valence-electron chi connectivity index (χ4n) is 1.87. The summed E-state index contributed by atoms with van der Waals surface area (Å²) in [6.07, 6.45) is 3.31. The molecule has 0 aliphatic rings. The van der Waals surface area contributed by atoms with Crippen molar-refractivity contribution in [2.75, 3.05) is 7.05 Å². The van der Waals surface area contributed by atoms with E-state index in [9.17, 15) is 4.39 Å². The number of hydrogen-bond acceptors (Lipinski definition) is 3. The van der Waals surface area contributed by atoms with E-state index in [0.29, 0.717) is 12.1 Å². The molecule has 4 heteroatoms. The second-order valence-electron chi connectivity index (χ2n) is 4.26. The van der Waals surface area contributed by atoms with Crippen LogP contribution < -0.4 is 0 Å². The van der Waals surface area contributed by atoms with Crippen molar-refractivity contribution in [1.29, 1.82) is 5.26 Å². The van der Waals surface area contributed by atoms with Crippen molar-refractivity contribution in [1.82, 2.24) is 4.90 Å². The Bertz CT molecular complexity index is 558. The molecule has 0 N–H and O–H groups in total. The third-order valence-electron chi connectivity index (χ3n) is 2.57. The summed E-state index contributed by atoms with van der Waals surface area (Å²) in [4.78, 5) is 2.03. The summed E-state index contributed by atoms with van der Waals surface area (Å²) in [5.41, 5.74) is 2.20. The maximum atomic E-state index is 13.3. The molecule has 3 nitrogen and oxygen atoms in total. The summed E-state index contributed by atoms with van der Waals surface area (Å²) in [6.45, 7) is 1.30. The molecule has 0 fully saturated rings. The van der Waals surface area contributed by atoms with Gasteiger partial charge in [-0.25, -0.2) is 4.39 Å². The molecule has 0 radical (unpaired) electrons. The predicted octanol–water partition coefficient (Wildman–Crippen LogP) is 2.92. The minimum Gasteiger partial charge on any atom is -0.472 e. The Morgan fingerprint density at radius 3 is 2.72 bits per heavy atom. The monoisotopic (exact) mass is 244 g/mol. The maximum Gasteiger partial charge on any atom is 0.124 e. The highest BCUT2D eigenvalue weighted by Gasteiger charge is 2.05. The van der Waals surface area contributed by atoms with Gasteiger partial charge >= 0.3 is 0 Å². The molecular formula is C14H13FN2O. The predicted molar refractivity (Wildman–Crippen MR) is 65.0 cm³/mol. The van der Waals surface area contributed by atoms with E-state index in [1.165, 1.54) is 12.1 Å². The number of benzene rings is 1. The summed E-state index contributed by atoms with van der Waals surface area (Å²) >= 11 is 0. The van der Waals surface area contributed by atoms with Crippen LogP contribution in [-0.2, 0) is 13.1 Å². The molecule has 0 saturated carbocycles. The van der Waals surface area contributed by atoms with E-state index in [1.54, 1.807) is 18.6 Å². The molecule has 0 bridgehead atoms. The summed E-state index contributed by atoms with van der Waals surface area (Å²) < 4.78 is 18.2. The maximum absolute atomic E-state index is 13.3. The number of hydrogen-bond donors (Lipinski definition) is 0.